The van der Waals surface area contributed by atoms with E-state index < -0.39 is 11.4 Å². The molecule has 0 bridgehead atoms. The number of hydrogen-bond acceptors (Lipinski definition) is 2. The molecule has 3 aliphatic carbocycles. The van der Waals surface area contributed by atoms with Crippen LogP contribution in [0.2, 0.25) is 0 Å². The maximum atomic E-state index is 11.8. The first-order valence-electron chi connectivity index (χ1n) is 8.91. The summed E-state index contributed by atoms with van der Waals surface area (Å²) in [4.78, 5) is 11.8. The van der Waals surface area contributed by atoms with Crippen molar-refractivity contribution in [1.82, 2.24) is 0 Å². The summed E-state index contributed by atoms with van der Waals surface area (Å²) in [5.74, 6) is 0.538. The van der Waals surface area contributed by atoms with Gasteiger partial charge < -0.3 is 9.90 Å². The zero-order chi connectivity index (χ0) is 16.1. The number of fused-ring (bicyclic) bond motifs is 3. The van der Waals surface area contributed by atoms with Crippen LogP contribution in [0, 0.1) is 28.6 Å². The van der Waals surface area contributed by atoms with E-state index in [0.29, 0.717) is 11.8 Å². The summed E-state index contributed by atoms with van der Waals surface area (Å²) >= 11 is 0. The molecule has 4 atom stereocenters. The molecular weight excluding hydrogens is 295 g/mol. The maximum absolute atomic E-state index is 11.8. The average Bonchev–Trinajstić information content (AvgIpc) is 2.46. The molecule has 2 nitrogen and oxygen atoms in total. The van der Waals surface area contributed by atoms with Gasteiger partial charge in [0.1, 0.15) is 0 Å². The summed E-state index contributed by atoms with van der Waals surface area (Å²) in [5.41, 5.74) is 2.51. The molecular formula is C20H29NaO2. The molecule has 3 aliphatic rings. The topological polar surface area (TPSA) is 40.1 Å². The van der Waals surface area contributed by atoms with Gasteiger partial charge in [-0.25, -0.2) is 0 Å². The molecule has 0 radical (unpaired) electrons. The minimum absolute atomic E-state index is 0. The number of rotatable bonds is 2. The Hall–Kier alpha value is -0.0500. The Bertz CT molecular complexity index is 548. The molecule has 0 N–H and O–H groups in total. The predicted octanol–water partition coefficient (Wildman–Crippen LogP) is 0.876. The molecule has 1 saturated carbocycles. The minimum atomic E-state index is -0.838. The monoisotopic (exact) mass is 324 g/mol. The van der Waals surface area contributed by atoms with Crippen molar-refractivity contribution in [3.8, 4) is 0 Å². The number of carboxylic acids is 1. The van der Waals surface area contributed by atoms with E-state index in [0.717, 1.165) is 25.7 Å². The number of hydrogen-bond donors (Lipinski definition) is 0. The van der Waals surface area contributed by atoms with Crippen molar-refractivity contribution in [2.45, 2.75) is 66.2 Å². The SMILES string of the molecule is CC(C)C1=CC2=CCC3[C@](C)(CCC[C@]3(C)C(=O)[O-])[C@@H]2CC1.[Na+]. The minimum Gasteiger partial charge on any atom is -0.550 e. The van der Waals surface area contributed by atoms with Crippen LogP contribution < -0.4 is 34.7 Å². The van der Waals surface area contributed by atoms with Crippen molar-refractivity contribution in [3.63, 3.8) is 0 Å². The van der Waals surface area contributed by atoms with Crippen molar-refractivity contribution in [2.24, 2.45) is 28.6 Å². The van der Waals surface area contributed by atoms with Crippen LogP contribution in [0.1, 0.15) is 66.2 Å². The van der Waals surface area contributed by atoms with Crippen LogP contribution in [0.5, 0.6) is 0 Å². The van der Waals surface area contributed by atoms with Crippen molar-refractivity contribution < 1.29 is 39.5 Å². The Balaban J connectivity index is 0.00000192. The fourth-order valence-corrected chi connectivity index (χ4v) is 5.59. The molecule has 0 aliphatic heterocycles. The second-order valence-electron chi connectivity index (χ2n) is 8.52. The molecule has 0 spiro atoms. The average molecular weight is 324 g/mol. The molecule has 1 fully saturated rings. The maximum Gasteiger partial charge on any atom is 1.00 e. The third-order valence-electron chi connectivity index (χ3n) is 7.05. The molecule has 0 saturated heterocycles. The summed E-state index contributed by atoms with van der Waals surface area (Å²) in [6, 6.07) is 0. The van der Waals surface area contributed by atoms with Crippen LogP contribution in [0.4, 0.5) is 0 Å². The largest absolute Gasteiger partial charge is 1.00 e. The van der Waals surface area contributed by atoms with Gasteiger partial charge in [-0.3, -0.25) is 0 Å². The summed E-state index contributed by atoms with van der Waals surface area (Å²) in [7, 11) is 0. The van der Waals surface area contributed by atoms with Crippen molar-refractivity contribution in [2.75, 3.05) is 0 Å². The molecule has 0 aromatic heterocycles. The van der Waals surface area contributed by atoms with E-state index >= 15 is 0 Å². The van der Waals surface area contributed by atoms with Crippen LogP contribution in [0.3, 0.4) is 0 Å². The summed E-state index contributed by atoms with van der Waals surface area (Å²) in [6.45, 7) is 8.83. The third-order valence-corrected chi connectivity index (χ3v) is 7.05. The zero-order valence-corrected chi connectivity index (χ0v) is 17.4. The van der Waals surface area contributed by atoms with Gasteiger partial charge in [-0.05, 0) is 60.8 Å². The summed E-state index contributed by atoms with van der Waals surface area (Å²) < 4.78 is 0. The molecule has 23 heavy (non-hydrogen) atoms. The second-order valence-corrected chi connectivity index (χ2v) is 8.52. The van der Waals surface area contributed by atoms with Gasteiger partial charge in [0.2, 0.25) is 0 Å². The van der Waals surface area contributed by atoms with Crippen LogP contribution >= 0.6 is 0 Å². The van der Waals surface area contributed by atoms with Gasteiger partial charge >= 0.3 is 29.6 Å². The molecule has 122 valence electrons. The molecule has 3 heteroatoms. The van der Waals surface area contributed by atoms with E-state index in [1.807, 2.05) is 6.92 Å². The van der Waals surface area contributed by atoms with Gasteiger partial charge in [-0.1, -0.05) is 51.8 Å². The van der Waals surface area contributed by atoms with Crippen molar-refractivity contribution in [3.05, 3.63) is 23.3 Å². The van der Waals surface area contributed by atoms with Gasteiger partial charge in [0, 0.05) is 11.4 Å². The smallest absolute Gasteiger partial charge is 0.550 e. The van der Waals surface area contributed by atoms with Gasteiger partial charge in [0.15, 0.2) is 0 Å². The second kappa shape index (κ2) is 6.69. The normalized spacial score (nSPS) is 39.5. The van der Waals surface area contributed by atoms with E-state index in [9.17, 15) is 9.90 Å². The van der Waals surface area contributed by atoms with Crippen LogP contribution in [-0.4, -0.2) is 5.97 Å². The van der Waals surface area contributed by atoms with E-state index in [-0.39, 0.29) is 40.9 Å². The first-order valence-corrected chi connectivity index (χ1v) is 8.91. The Morgan fingerprint density at radius 2 is 2.00 bits per heavy atom. The Morgan fingerprint density at radius 3 is 2.61 bits per heavy atom. The number of carbonyl (C=O) groups excluding carboxylic acids is 1. The van der Waals surface area contributed by atoms with Gasteiger partial charge in [-0.2, -0.15) is 0 Å². The summed E-state index contributed by atoms with van der Waals surface area (Å²) in [5, 5.41) is 11.8. The first-order chi connectivity index (χ1) is 10.3. The Kier molecular flexibility index (Phi) is 5.61. The van der Waals surface area contributed by atoms with Gasteiger partial charge in [-0.15, -0.1) is 0 Å². The first kappa shape index (κ1) is 19.3. The molecule has 0 heterocycles. The Morgan fingerprint density at radius 1 is 1.30 bits per heavy atom. The fourth-order valence-electron chi connectivity index (χ4n) is 5.59. The van der Waals surface area contributed by atoms with E-state index in [2.05, 4.69) is 32.9 Å². The molecule has 1 unspecified atom stereocenters. The molecule has 0 amide bonds. The van der Waals surface area contributed by atoms with Crippen LogP contribution in [0.25, 0.3) is 0 Å². The van der Waals surface area contributed by atoms with E-state index in [1.165, 1.54) is 18.4 Å². The van der Waals surface area contributed by atoms with Gasteiger partial charge in [0.05, 0.1) is 0 Å². The molecule has 3 rings (SSSR count). The summed E-state index contributed by atoms with van der Waals surface area (Å²) in [6.07, 6.45) is 11.0. The standard InChI is InChI=1S/C20H30O2.Na/c1-13(2)14-6-8-16-15(12-14)7-9-17-19(16,3)10-5-11-20(17,4)18(21)22;/h7,12-13,16-17H,5-6,8-11H2,1-4H3,(H,21,22);/q;+1/p-1/t16-,17?,19-,20+;/m1./s1. The van der Waals surface area contributed by atoms with E-state index in [1.54, 1.807) is 5.57 Å². The van der Waals surface area contributed by atoms with Crippen molar-refractivity contribution >= 4 is 5.97 Å². The fraction of sp³-hybridized carbons (Fsp3) is 0.750. The zero-order valence-electron chi connectivity index (χ0n) is 15.4. The number of carbonyl (C=O) groups is 1. The predicted molar refractivity (Wildman–Crippen MR) is 86.9 cm³/mol. The molecule has 0 aromatic rings. The van der Waals surface area contributed by atoms with Crippen molar-refractivity contribution in [1.29, 1.82) is 0 Å². The van der Waals surface area contributed by atoms with Gasteiger partial charge in [0.25, 0.3) is 0 Å². The molecule has 0 aromatic carbocycles. The number of aliphatic carboxylic acids is 1. The Labute approximate surface area is 163 Å². The number of carboxylic acid groups (broad SMARTS) is 1. The number of allylic oxidation sites excluding steroid dienone is 4. The van der Waals surface area contributed by atoms with Crippen LogP contribution in [-0.2, 0) is 4.79 Å². The third kappa shape index (κ3) is 3.00. The van der Waals surface area contributed by atoms with E-state index in [4.69, 9.17) is 0 Å². The quantitative estimate of drug-likeness (QED) is 0.708. The van der Waals surface area contributed by atoms with Crippen LogP contribution in [0.15, 0.2) is 23.3 Å².